The van der Waals surface area contributed by atoms with Crippen LogP contribution in [0.3, 0.4) is 0 Å². The van der Waals surface area contributed by atoms with Crippen molar-refractivity contribution in [3.05, 3.63) is 47.5 Å². The molecule has 0 aliphatic carbocycles. The van der Waals surface area contributed by atoms with E-state index in [1.165, 1.54) is 48.2 Å². The summed E-state index contributed by atoms with van der Waals surface area (Å²) >= 11 is 0. The summed E-state index contributed by atoms with van der Waals surface area (Å²) in [5.41, 5.74) is 5.06. The zero-order chi connectivity index (χ0) is 17.2. The van der Waals surface area contributed by atoms with E-state index in [0.29, 0.717) is 0 Å². The molecule has 0 saturated carbocycles. The molecule has 0 spiro atoms. The SMILES string of the molecule is COc1ccc(CN2CCC(C)CC2)cc1-c1ccc2c(c1)CCO2. The summed E-state index contributed by atoms with van der Waals surface area (Å²) in [6, 6.07) is 13.1. The average Bonchev–Trinajstić information content (AvgIpc) is 3.11. The van der Waals surface area contributed by atoms with Crippen molar-refractivity contribution in [2.45, 2.75) is 32.7 Å². The molecule has 25 heavy (non-hydrogen) atoms. The van der Waals surface area contributed by atoms with Crippen LogP contribution in [0.25, 0.3) is 11.1 Å². The largest absolute Gasteiger partial charge is 0.496 e. The van der Waals surface area contributed by atoms with Crippen LogP contribution in [0.5, 0.6) is 11.5 Å². The van der Waals surface area contributed by atoms with E-state index >= 15 is 0 Å². The Morgan fingerprint density at radius 3 is 2.76 bits per heavy atom. The molecule has 2 aromatic rings. The molecular weight excluding hydrogens is 310 g/mol. The van der Waals surface area contributed by atoms with Crippen LogP contribution in [0.15, 0.2) is 36.4 Å². The molecule has 3 nitrogen and oxygen atoms in total. The molecule has 2 heterocycles. The number of benzene rings is 2. The molecule has 2 aliphatic rings. The minimum atomic E-state index is 0.795. The quantitative estimate of drug-likeness (QED) is 0.818. The summed E-state index contributed by atoms with van der Waals surface area (Å²) in [7, 11) is 1.75. The zero-order valence-corrected chi connectivity index (χ0v) is 15.3. The van der Waals surface area contributed by atoms with Gasteiger partial charge in [-0.05, 0) is 72.8 Å². The van der Waals surface area contributed by atoms with Crippen LogP contribution in [0.4, 0.5) is 0 Å². The number of hydrogen-bond acceptors (Lipinski definition) is 3. The Hall–Kier alpha value is -2.00. The van der Waals surface area contributed by atoms with Crippen LogP contribution in [0.1, 0.15) is 30.9 Å². The highest BCUT2D eigenvalue weighted by Crippen LogP contribution is 2.35. The van der Waals surface area contributed by atoms with Crippen molar-refractivity contribution in [2.24, 2.45) is 5.92 Å². The predicted molar refractivity (Wildman–Crippen MR) is 101 cm³/mol. The molecule has 0 aromatic heterocycles. The lowest BCUT2D eigenvalue weighted by Gasteiger charge is -2.30. The van der Waals surface area contributed by atoms with Gasteiger partial charge in [-0.15, -0.1) is 0 Å². The van der Waals surface area contributed by atoms with Gasteiger partial charge in [0.15, 0.2) is 0 Å². The lowest BCUT2D eigenvalue weighted by Crippen LogP contribution is -2.32. The number of hydrogen-bond donors (Lipinski definition) is 0. The van der Waals surface area contributed by atoms with Crippen LogP contribution < -0.4 is 9.47 Å². The van der Waals surface area contributed by atoms with Crippen molar-refractivity contribution in [3.63, 3.8) is 0 Å². The highest BCUT2D eigenvalue weighted by molar-refractivity contribution is 5.73. The van der Waals surface area contributed by atoms with Crippen molar-refractivity contribution < 1.29 is 9.47 Å². The van der Waals surface area contributed by atoms with Gasteiger partial charge in [0.2, 0.25) is 0 Å². The van der Waals surface area contributed by atoms with Gasteiger partial charge in [0.25, 0.3) is 0 Å². The minimum Gasteiger partial charge on any atom is -0.496 e. The van der Waals surface area contributed by atoms with Gasteiger partial charge in [-0.3, -0.25) is 4.90 Å². The Bertz CT molecular complexity index is 748. The Balaban J connectivity index is 1.60. The topological polar surface area (TPSA) is 21.7 Å². The third-order valence-corrected chi connectivity index (χ3v) is 5.55. The lowest BCUT2D eigenvalue weighted by atomic mass is 9.97. The maximum absolute atomic E-state index is 5.64. The smallest absolute Gasteiger partial charge is 0.126 e. The number of rotatable bonds is 4. The van der Waals surface area contributed by atoms with E-state index in [1.54, 1.807) is 7.11 Å². The number of piperidine rings is 1. The number of likely N-dealkylation sites (tertiary alicyclic amines) is 1. The number of ether oxygens (including phenoxy) is 2. The second kappa shape index (κ2) is 7.09. The summed E-state index contributed by atoms with van der Waals surface area (Å²) in [4.78, 5) is 2.57. The van der Waals surface area contributed by atoms with Gasteiger partial charge in [-0.25, -0.2) is 0 Å². The Morgan fingerprint density at radius 1 is 1.12 bits per heavy atom. The van der Waals surface area contributed by atoms with Crippen LogP contribution in [0.2, 0.25) is 0 Å². The fourth-order valence-corrected chi connectivity index (χ4v) is 3.91. The van der Waals surface area contributed by atoms with E-state index in [4.69, 9.17) is 9.47 Å². The molecule has 132 valence electrons. The fraction of sp³-hybridized carbons (Fsp3) is 0.455. The monoisotopic (exact) mass is 337 g/mol. The van der Waals surface area contributed by atoms with E-state index < -0.39 is 0 Å². The molecule has 3 heteroatoms. The lowest BCUT2D eigenvalue weighted by molar-refractivity contribution is 0.185. The molecule has 4 rings (SSSR count). The summed E-state index contributed by atoms with van der Waals surface area (Å²) in [5, 5.41) is 0. The first-order valence-corrected chi connectivity index (χ1v) is 9.38. The van der Waals surface area contributed by atoms with Crippen molar-refractivity contribution >= 4 is 0 Å². The first kappa shape index (κ1) is 16.5. The van der Waals surface area contributed by atoms with Gasteiger partial charge < -0.3 is 9.47 Å². The summed E-state index contributed by atoms with van der Waals surface area (Å²) in [6.45, 7) is 6.60. The maximum Gasteiger partial charge on any atom is 0.126 e. The Labute approximate surface area is 150 Å². The van der Waals surface area contributed by atoms with E-state index in [2.05, 4.69) is 48.2 Å². The molecule has 1 saturated heterocycles. The van der Waals surface area contributed by atoms with Crippen molar-refractivity contribution in [2.75, 3.05) is 26.8 Å². The molecule has 0 radical (unpaired) electrons. The van der Waals surface area contributed by atoms with Gasteiger partial charge in [-0.2, -0.15) is 0 Å². The standard InChI is InChI=1S/C22H27NO2/c1-16-7-10-23(11-8-16)15-17-3-5-22(24-2)20(13-17)18-4-6-21-19(14-18)9-12-25-21/h3-6,13-14,16H,7-12,15H2,1-2H3. The highest BCUT2D eigenvalue weighted by Gasteiger charge is 2.18. The van der Waals surface area contributed by atoms with Gasteiger partial charge in [0.1, 0.15) is 11.5 Å². The van der Waals surface area contributed by atoms with Crippen LogP contribution in [0, 0.1) is 5.92 Å². The van der Waals surface area contributed by atoms with Crippen LogP contribution in [-0.4, -0.2) is 31.7 Å². The van der Waals surface area contributed by atoms with Gasteiger partial charge in [-0.1, -0.05) is 19.1 Å². The molecule has 0 atom stereocenters. The Kier molecular flexibility index (Phi) is 4.67. The molecule has 0 N–H and O–H groups in total. The van der Waals surface area contributed by atoms with Crippen LogP contribution in [-0.2, 0) is 13.0 Å². The zero-order valence-electron chi connectivity index (χ0n) is 15.3. The summed E-state index contributed by atoms with van der Waals surface area (Å²) in [6.07, 6.45) is 3.62. The number of fused-ring (bicyclic) bond motifs is 1. The number of nitrogens with zero attached hydrogens (tertiary/aromatic N) is 1. The third kappa shape index (κ3) is 3.52. The third-order valence-electron chi connectivity index (χ3n) is 5.55. The normalized spacial score (nSPS) is 18.0. The fourth-order valence-electron chi connectivity index (χ4n) is 3.91. The first-order valence-electron chi connectivity index (χ1n) is 9.38. The van der Waals surface area contributed by atoms with Crippen molar-refractivity contribution in [1.82, 2.24) is 4.90 Å². The maximum atomic E-state index is 5.64. The summed E-state index contributed by atoms with van der Waals surface area (Å²) in [5.74, 6) is 2.84. The molecule has 2 aliphatic heterocycles. The van der Waals surface area contributed by atoms with Crippen molar-refractivity contribution in [1.29, 1.82) is 0 Å². The number of methoxy groups -OCH3 is 1. The van der Waals surface area contributed by atoms with E-state index in [0.717, 1.165) is 37.0 Å². The highest BCUT2D eigenvalue weighted by atomic mass is 16.5. The van der Waals surface area contributed by atoms with Gasteiger partial charge in [0, 0.05) is 18.5 Å². The molecule has 0 amide bonds. The predicted octanol–water partition coefficient (Wildman–Crippen LogP) is 4.53. The molecule has 2 aromatic carbocycles. The Morgan fingerprint density at radius 2 is 1.96 bits per heavy atom. The first-order chi connectivity index (χ1) is 12.2. The minimum absolute atomic E-state index is 0.795. The second-order valence-electron chi connectivity index (χ2n) is 7.41. The second-order valence-corrected chi connectivity index (χ2v) is 7.41. The van der Waals surface area contributed by atoms with E-state index in [1.807, 2.05) is 0 Å². The van der Waals surface area contributed by atoms with Gasteiger partial charge >= 0.3 is 0 Å². The van der Waals surface area contributed by atoms with Crippen LogP contribution >= 0.6 is 0 Å². The van der Waals surface area contributed by atoms with E-state index in [9.17, 15) is 0 Å². The molecule has 1 fully saturated rings. The average molecular weight is 337 g/mol. The van der Waals surface area contributed by atoms with E-state index in [-0.39, 0.29) is 0 Å². The van der Waals surface area contributed by atoms with Gasteiger partial charge in [0.05, 0.1) is 13.7 Å². The molecular formula is C22H27NO2. The molecule has 0 unspecified atom stereocenters. The van der Waals surface area contributed by atoms with Crippen molar-refractivity contribution in [3.8, 4) is 22.6 Å². The summed E-state index contributed by atoms with van der Waals surface area (Å²) < 4.78 is 11.3. The molecule has 0 bridgehead atoms.